The molecule has 2 rings (SSSR count). The molecule has 150 valence electrons. The van der Waals surface area contributed by atoms with E-state index in [0.29, 0.717) is 5.56 Å². The molecule has 0 unspecified atom stereocenters. The van der Waals surface area contributed by atoms with E-state index < -0.39 is 19.3 Å². The van der Waals surface area contributed by atoms with Gasteiger partial charge in [0.1, 0.15) is 5.75 Å². The van der Waals surface area contributed by atoms with E-state index in [1.807, 2.05) is 42.5 Å². The van der Waals surface area contributed by atoms with Gasteiger partial charge in [0.25, 0.3) is 0 Å². The number of ether oxygens (including phenoxy) is 1. The summed E-state index contributed by atoms with van der Waals surface area (Å²) in [7, 11) is -2.00. The lowest BCUT2D eigenvalue weighted by molar-refractivity contribution is -0.116. The molecule has 2 aromatic rings. The molecule has 0 heterocycles. The molecule has 1 amide bonds. The number of methoxy groups -OCH3 is 1. The lowest BCUT2D eigenvalue weighted by Gasteiger charge is -2.27. The van der Waals surface area contributed by atoms with Crippen LogP contribution in [0.5, 0.6) is 5.75 Å². The highest BCUT2D eigenvalue weighted by atomic mass is 31.2. The maximum Gasteiger partial charge on any atom is 0.357 e. The number of carbonyl (C=O) groups excluding carboxylic acids is 1. The van der Waals surface area contributed by atoms with Crippen molar-refractivity contribution in [3.63, 3.8) is 0 Å². The van der Waals surface area contributed by atoms with Crippen molar-refractivity contribution in [3.05, 3.63) is 71.8 Å². The molecule has 7 heteroatoms. The van der Waals surface area contributed by atoms with Gasteiger partial charge in [-0.25, -0.2) is 0 Å². The Bertz CT molecular complexity index is 810. The molecule has 0 aromatic heterocycles. The van der Waals surface area contributed by atoms with Crippen LogP contribution in [0, 0.1) is 0 Å². The molecule has 0 radical (unpaired) electrons. The van der Waals surface area contributed by atoms with Gasteiger partial charge in [-0.2, -0.15) is 0 Å². The Balaban J connectivity index is 2.22. The van der Waals surface area contributed by atoms with Crippen molar-refractivity contribution in [1.82, 2.24) is 5.32 Å². The molecule has 0 saturated carbocycles. The van der Waals surface area contributed by atoms with Crippen LogP contribution in [0.25, 0.3) is 6.08 Å². The summed E-state index contributed by atoms with van der Waals surface area (Å²) in [5, 5.41) is 2.77. The second kappa shape index (κ2) is 10.8. The summed E-state index contributed by atoms with van der Waals surface area (Å²) in [6.07, 6.45) is 3.06. The van der Waals surface area contributed by atoms with E-state index in [2.05, 4.69) is 5.32 Å². The zero-order chi connectivity index (χ0) is 20.4. The first kappa shape index (κ1) is 21.9. The molecule has 1 atom stereocenters. The molecule has 0 bridgehead atoms. The highest BCUT2D eigenvalue weighted by molar-refractivity contribution is 7.54. The second-order valence-corrected chi connectivity index (χ2v) is 7.92. The molecule has 6 nitrogen and oxygen atoms in total. The number of hydrogen-bond donors (Lipinski definition) is 1. The first-order valence-electron chi connectivity index (χ1n) is 9.08. The number of rotatable bonds is 10. The molecule has 0 aliphatic rings. The minimum atomic E-state index is -3.59. The van der Waals surface area contributed by atoms with Crippen LogP contribution in [0.1, 0.15) is 30.8 Å². The SMILES string of the molecule is CCOP(=O)(OCC)[C@H](NC(=O)/C=C/c1ccc(OC)cc1)c1ccccc1. The predicted octanol–water partition coefficient (Wildman–Crippen LogP) is 4.79. The zero-order valence-electron chi connectivity index (χ0n) is 16.3. The van der Waals surface area contributed by atoms with Gasteiger partial charge in [0.2, 0.25) is 5.91 Å². The largest absolute Gasteiger partial charge is 0.497 e. The molecular formula is C21H26NO5P. The maximum atomic E-state index is 13.3. The highest BCUT2D eigenvalue weighted by Crippen LogP contribution is 2.59. The number of amides is 1. The summed E-state index contributed by atoms with van der Waals surface area (Å²) in [6.45, 7) is 3.88. The summed E-state index contributed by atoms with van der Waals surface area (Å²) < 4.78 is 29.3. The van der Waals surface area contributed by atoms with Crippen molar-refractivity contribution < 1.29 is 23.1 Å². The monoisotopic (exact) mass is 403 g/mol. The van der Waals surface area contributed by atoms with Crippen molar-refractivity contribution in [2.75, 3.05) is 20.3 Å². The lowest BCUT2D eigenvalue weighted by Crippen LogP contribution is -2.28. The number of hydrogen-bond acceptors (Lipinski definition) is 5. The molecule has 1 N–H and O–H groups in total. The zero-order valence-corrected chi connectivity index (χ0v) is 17.2. The van der Waals surface area contributed by atoms with E-state index in [-0.39, 0.29) is 13.2 Å². The number of carbonyl (C=O) groups is 1. The first-order chi connectivity index (χ1) is 13.5. The molecule has 28 heavy (non-hydrogen) atoms. The van der Waals surface area contributed by atoms with E-state index in [9.17, 15) is 9.36 Å². The third kappa shape index (κ3) is 6.06. The fourth-order valence-electron chi connectivity index (χ4n) is 2.60. The second-order valence-electron chi connectivity index (χ2n) is 5.80. The van der Waals surface area contributed by atoms with E-state index in [0.717, 1.165) is 11.3 Å². The van der Waals surface area contributed by atoms with Crippen LogP contribution in [0.2, 0.25) is 0 Å². The predicted molar refractivity (Wildman–Crippen MR) is 110 cm³/mol. The first-order valence-corrected chi connectivity index (χ1v) is 10.7. The van der Waals surface area contributed by atoms with Gasteiger partial charge in [-0.05, 0) is 43.2 Å². The average molecular weight is 403 g/mol. The Labute approximate surface area is 166 Å². The summed E-state index contributed by atoms with van der Waals surface area (Å²) >= 11 is 0. The summed E-state index contributed by atoms with van der Waals surface area (Å²) in [5.41, 5.74) is 1.49. The number of benzene rings is 2. The standard InChI is InChI=1S/C21H26NO5P/c1-4-26-28(24,27-5-2)21(18-9-7-6-8-10-18)22-20(23)16-13-17-11-14-19(25-3)15-12-17/h6-16,21H,4-5H2,1-3H3,(H,22,23)/b16-13+/t21-/m0/s1. The minimum Gasteiger partial charge on any atom is -0.497 e. The fraction of sp³-hybridized carbons (Fsp3) is 0.286. The van der Waals surface area contributed by atoms with Crippen LogP contribution >= 0.6 is 7.60 Å². The molecular weight excluding hydrogens is 377 g/mol. The molecule has 0 spiro atoms. The van der Waals surface area contributed by atoms with E-state index in [1.165, 1.54) is 6.08 Å². The molecule has 0 aliphatic carbocycles. The topological polar surface area (TPSA) is 73.9 Å². The van der Waals surface area contributed by atoms with Crippen molar-refractivity contribution in [2.24, 2.45) is 0 Å². The third-order valence-electron chi connectivity index (χ3n) is 3.87. The van der Waals surface area contributed by atoms with Gasteiger partial charge in [-0.3, -0.25) is 9.36 Å². The van der Waals surface area contributed by atoms with Gasteiger partial charge < -0.3 is 19.1 Å². The van der Waals surface area contributed by atoms with Gasteiger partial charge in [0.05, 0.1) is 20.3 Å². The Morgan fingerprint density at radius 2 is 1.64 bits per heavy atom. The Morgan fingerprint density at radius 1 is 1.04 bits per heavy atom. The Hall–Kier alpha value is -2.40. The van der Waals surface area contributed by atoms with Crippen LogP contribution in [0.4, 0.5) is 0 Å². The normalized spacial score (nSPS) is 12.7. The molecule has 0 saturated heterocycles. The van der Waals surface area contributed by atoms with Crippen LogP contribution in [-0.2, 0) is 18.4 Å². The summed E-state index contributed by atoms with van der Waals surface area (Å²) in [4.78, 5) is 12.5. The van der Waals surface area contributed by atoms with Crippen LogP contribution in [0.3, 0.4) is 0 Å². The van der Waals surface area contributed by atoms with Crippen molar-refractivity contribution >= 4 is 19.6 Å². The summed E-state index contributed by atoms with van der Waals surface area (Å²) in [5.74, 6) is -0.564. The number of nitrogens with one attached hydrogen (secondary N) is 1. The van der Waals surface area contributed by atoms with Crippen molar-refractivity contribution in [2.45, 2.75) is 19.6 Å². The average Bonchev–Trinajstić information content (AvgIpc) is 2.72. The highest BCUT2D eigenvalue weighted by Gasteiger charge is 2.37. The van der Waals surface area contributed by atoms with Crippen LogP contribution < -0.4 is 10.1 Å². The van der Waals surface area contributed by atoms with Crippen molar-refractivity contribution in [3.8, 4) is 5.75 Å². The van der Waals surface area contributed by atoms with Gasteiger partial charge >= 0.3 is 7.60 Å². The Kier molecular flexibility index (Phi) is 8.45. The van der Waals surface area contributed by atoms with Crippen LogP contribution in [0.15, 0.2) is 60.7 Å². The van der Waals surface area contributed by atoms with Gasteiger partial charge in [-0.15, -0.1) is 0 Å². The molecule has 2 aromatic carbocycles. The molecule has 0 aliphatic heterocycles. The minimum absolute atomic E-state index is 0.207. The summed E-state index contributed by atoms with van der Waals surface area (Å²) in [6, 6.07) is 16.3. The van der Waals surface area contributed by atoms with Crippen molar-refractivity contribution in [1.29, 1.82) is 0 Å². The lowest BCUT2D eigenvalue weighted by atomic mass is 10.2. The van der Waals surface area contributed by atoms with E-state index in [4.69, 9.17) is 13.8 Å². The third-order valence-corrected chi connectivity index (χ3v) is 6.17. The van der Waals surface area contributed by atoms with E-state index >= 15 is 0 Å². The maximum absolute atomic E-state index is 13.3. The van der Waals surface area contributed by atoms with E-state index in [1.54, 1.807) is 39.2 Å². The fourth-order valence-corrected chi connectivity index (χ4v) is 4.51. The van der Waals surface area contributed by atoms with Gasteiger partial charge in [0, 0.05) is 6.08 Å². The van der Waals surface area contributed by atoms with Gasteiger partial charge in [0.15, 0.2) is 5.78 Å². The molecule has 0 fully saturated rings. The smallest absolute Gasteiger partial charge is 0.357 e. The van der Waals surface area contributed by atoms with Gasteiger partial charge in [-0.1, -0.05) is 42.5 Å². The Morgan fingerprint density at radius 3 is 2.18 bits per heavy atom. The quantitative estimate of drug-likeness (QED) is 0.456. The van der Waals surface area contributed by atoms with Crippen LogP contribution in [-0.4, -0.2) is 26.2 Å².